The largest absolute Gasteiger partial charge is 0.325 e. The van der Waals surface area contributed by atoms with Gasteiger partial charge in [-0.05, 0) is 24.6 Å². The molecule has 1 unspecified atom stereocenters. The number of benzene rings is 1. The van der Waals surface area contributed by atoms with E-state index in [1.54, 1.807) is 11.8 Å². The summed E-state index contributed by atoms with van der Waals surface area (Å²) in [7, 11) is -3.46. The summed E-state index contributed by atoms with van der Waals surface area (Å²) < 4.78 is 38.9. The highest BCUT2D eigenvalue weighted by Gasteiger charge is 2.31. The molecule has 2 aliphatic rings. The first-order valence-corrected chi connectivity index (χ1v) is 9.66. The average molecular weight is 345 g/mol. The van der Waals surface area contributed by atoms with Crippen molar-refractivity contribution < 1.29 is 17.6 Å². The fraction of sp³-hybridized carbons (Fsp3) is 0.462. The number of amides is 1. The van der Waals surface area contributed by atoms with Crippen LogP contribution in [0.5, 0.6) is 0 Å². The fourth-order valence-electron chi connectivity index (χ4n) is 2.48. The molecule has 22 heavy (non-hydrogen) atoms. The van der Waals surface area contributed by atoms with Gasteiger partial charge in [0, 0.05) is 23.9 Å². The Morgan fingerprint density at radius 2 is 2.27 bits per heavy atom. The molecule has 0 bridgehead atoms. The predicted octanol–water partition coefficient (Wildman–Crippen LogP) is 0.967. The van der Waals surface area contributed by atoms with Gasteiger partial charge in [-0.15, -0.1) is 11.8 Å². The van der Waals surface area contributed by atoms with E-state index in [4.69, 9.17) is 0 Å². The number of carbonyl (C=O) groups excluding carboxylic acids is 1. The van der Waals surface area contributed by atoms with Crippen molar-refractivity contribution in [3.63, 3.8) is 0 Å². The van der Waals surface area contributed by atoms with Gasteiger partial charge in [-0.3, -0.25) is 14.4 Å². The molecule has 0 aromatic heterocycles. The van der Waals surface area contributed by atoms with E-state index in [1.165, 1.54) is 18.2 Å². The van der Waals surface area contributed by atoms with Crippen molar-refractivity contribution >= 4 is 39.1 Å². The minimum atomic E-state index is -3.46. The summed E-state index contributed by atoms with van der Waals surface area (Å²) in [6.07, 6.45) is 0.474. The minimum Gasteiger partial charge on any atom is -0.325 e. The summed E-state index contributed by atoms with van der Waals surface area (Å²) in [6, 6.07) is 3.70. The summed E-state index contributed by atoms with van der Waals surface area (Å²) >= 11 is 1.63. The van der Waals surface area contributed by atoms with Crippen LogP contribution in [0, 0.1) is 5.82 Å². The summed E-state index contributed by atoms with van der Waals surface area (Å²) in [4.78, 5) is 12.0. The number of halogens is 1. The molecule has 9 heteroatoms. The summed E-state index contributed by atoms with van der Waals surface area (Å²) in [5.41, 5.74) is 0.381. The smallest absolute Gasteiger partial charge is 0.242 e. The van der Waals surface area contributed by atoms with E-state index in [9.17, 15) is 17.6 Å². The van der Waals surface area contributed by atoms with Crippen LogP contribution in [-0.4, -0.2) is 44.3 Å². The number of hydrogen-bond acceptors (Lipinski definition) is 5. The van der Waals surface area contributed by atoms with Gasteiger partial charge >= 0.3 is 0 Å². The lowest BCUT2D eigenvalue weighted by molar-refractivity contribution is -0.117. The van der Waals surface area contributed by atoms with Crippen molar-refractivity contribution in [2.75, 3.05) is 33.5 Å². The van der Waals surface area contributed by atoms with Crippen LogP contribution in [-0.2, 0) is 14.8 Å². The molecule has 1 amide bonds. The van der Waals surface area contributed by atoms with Crippen LogP contribution in [0.3, 0.4) is 0 Å². The van der Waals surface area contributed by atoms with E-state index in [2.05, 4.69) is 10.6 Å². The third-order valence-electron chi connectivity index (χ3n) is 3.61. The van der Waals surface area contributed by atoms with Crippen molar-refractivity contribution in [2.24, 2.45) is 0 Å². The first kappa shape index (κ1) is 15.6. The molecule has 2 aliphatic heterocycles. The Hall–Kier alpha value is -1.32. The molecule has 2 heterocycles. The molecule has 3 rings (SSSR count). The molecule has 0 spiro atoms. The predicted molar refractivity (Wildman–Crippen MR) is 85.0 cm³/mol. The molecule has 0 radical (unpaired) electrons. The van der Waals surface area contributed by atoms with Gasteiger partial charge in [0.25, 0.3) is 0 Å². The maximum Gasteiger partial charge on any atom is 0.242 e. The van der Waals surface area contributed by atoms with Gasteiger partial charge in [-0.25, -0.2) is 12.8 Å². The van der Waals surface area contributed by atoms with Crippen LogP contribution in [0.4, 0.5) is 15.8 Å². The standard InChI is InChI=1S/C13H16FN3O3S2/c14-10-3-2-9(16-13(18)11-7-21-8-15-11)6-12(10)17-4-1-5-22(17,19)20/h2-3,6,11,15H,1,4-5,7-8H2,(H,16,18). The zero-order chi connectivity index (χ0) is 15.7. The first-order chi connectivity index (χ1) is 10.5. The second kappa shape index (κ2) is 6.05. The van der Waals surface area contributed by atoms with Gasteiger partial charge in [-0.1, -0.05) is 0 Å². The van der Waals surface area contributed by atoms with Crippen molar-refractivity contribution in [3.8, 4) is 0 Å². The van der Waals surface area contributed by atoms with Crippen molar-refractivity contribution in [2.45, 2.75) is 12.5 Å². The van der Waals surface area contributed by atoms with Crippen molar-refractivity contribution in [1.29, 1.82) is 0 Å². The summed E-state index contributed by atoms with van der Waals surface area (Å²) in [5.74, 6) is 0.607. The lowest BCUT2D eigenvalue weighted by Gasteiger charge is -2.19. The topological polar surface area (TPSA) is 78.5 Å². The first-order valence-electron chi connectivity index (χ1n) is 6.89. The number of sulfonamides is 1. The summed E-state index contributed by atoms with van der Waals surface area (Å²) in [6.45, 7) is 0.261. The normalized spacial score (nSPS) is 23.7. The van der Waals surface area contributed by atoms with E-state index in [0.29, 0.717) is 17.9 Å². The van der Waals surface area contributed by atoms with Gasteiger partial charge in [-0.2, -0.15) is 0 Å². The SMILES string of the molecule is O=C(Nc1ccc(F)c(N2CCCS2(=O)=O)c1)C1CSCN1. The number of rotatable bonds is 3. The van der Waals surface area contributed by atoms with Crippen LogP contribution in [0.25, 0.3) is 0 Å². The van der Waals surface area contributed by atoms with E-state index in [0.717, 1.165) is 10.2 Å². The van der Waals surface area contributed by atoms with Gasteiger partial charge in [0.15, 0.2) is 0 Å². The molecule has 6 nitrogen and oxygen atoms in total. The molecular weight excluding hydrogens is 329 g/mol. The number of nitrogens with zero attached hydrogens (tertiary/aromatic N) is 1. The molecule has 1 aromatic rings. The Kier molecular flexibility index (Phi) is 4.28. The van der Waals surface area contributed by atoms with Gasteiger partial charge in [0.2, 0.25) is 15.9 Å². The average Bonchev–Trinajstić information content (AvgIpc) is 3.10. The molecule has 0 aliphatic carbocycles. The zero-order valence-corrected chi connectivity index (χ0v) is 13.3. The Morgan fingerprint density at radius 3 is 2.91 bits per heavy atom. The van der Waals surface area contributed by atoms with Gasteiger partial charge in [0.05, 0.1) is 17.5 Å². The lowest BCUT2D eigenvalue weighted by Crippen LogP contribution is -2.37. The monoisotopic (exact) mass is 345 g/mol. The van der Waals surface area contributed by atoms with Crippen molar-refractivity contribution in [1.82, 2.24) is 5.32 Å². The van der Waals surface area contributed by atoms with Crippen LogP contribution in [0.2, 0.25) is 0 Å². The number of thioether (sulfide) groups is 1. The number of nitrogens with one attached hydrogen (secondary N) is 2. The molecule has 2 saturated heterocycles. The van der Waals surface area contributed by atoms with E-state index in [1.807, 2.05) is 0 Å². The van der Waals surface area contributed by atoms with E-state index < -0.39 is 15.8 Å². The highest BCUT2D eigenvalue weighted by Crippen LogP contribution is 2.29. The molecule has 1 aromatic carbocycles. The van der Waals surface area contributed by atoms with Gasteiger partial charge < -0.3 is 5.32 Å². The number of anilines is 2. The number of carbonyl (C=O) groups is 1. The Bertz CT molecular complexity index is 690. The highest BCUT2D eigenvalue weighted by molar-refractivity contribution is 7.99. The van der Waals surface area contributed by atoms with E-state index in [-0.39, 0.29) is 29.9 Å². The Labute approximate surface area is 132 Å². The van der Waals surface area contributed by atoms with Gasteiger partial charge in [0.1, 0.15) is 5.82 Å². The molecule has 1 atom stereocenters. The molecule has 2 N–H and O–H groups in total. The van der Waals surface area contributed by atoms with E-state index >= 15 is 0 Å². The molecule has 120 valence electrons. The second-order valence-electron chi connectivity index (χ2n) is 5.17. The lowest BCUT2D eigenvalue weighted by atomic mass is 10.2. The molecule has 0 saturated carbocycles. The fourth-order valence-corrected chi connectivity index (χ4v) is 4.99. The van der Waals surface area contributed by atoms with Crippen LogP contribution in [0.15, 0.2) is 18.2 Å². The third kappa shape index (κ3) is 3.06. The quantitative estimate of drug-likeness (QED) is 0.853. The van der Waals surface area contributed by atoms with Crippen LogP contribution in [0.1, 0.15) is 6.42 Å². The maximum atomic E-state index is 14.0. The third-order valence-corrected chi connectivity index (χ3v) is 6.41. The molecular formula is C13H16FN3O3S2. The summed E-state index contributed by atoms with van der Waals surface area (Å²) in [5, 5.41) is 5.74. The van der Waals surface area contributed by atoms with Crippen molar-refractivity contribution in [3.05, 3.63) is 24.0 Å². The zero-order valence-electron chi connectivity index (χ0n) is 11.7. The molecule has 2 fully saturated rings. The minimum absolute atomic E-state index is 0.0101. The van der Waals surface area contributed by atoms with Crippen LogP contribution < -0.4 is 14.9 Å². The second-order valence-corrected chi connectivity index (χ2v) is 8.21. The Balaban J connectivity index is 1.82. The maximum absolute atomic E-state index is 14.0. The number of hydrogen-bond donors (Lipinski definition) is 2. The van der Waals surface area contributed by atoms with Crippen LogP contribution >= 0.6 is 11.8 Å². The highest BCUT2D eigenvalue weighted by atomic mass is 32.2. The Morgan fingerprint density at radius 1 is 1.45 bits per heavy atom.